The van der Waals surface area contributed by atoms with Gasteiger partial charge in [-0.3, -0.25) is 9.69 Å². The van der Waals surface area contributed by atoms with Crippen molar-refractivity contribution in [2.24, 2.45) is 24.8 Å². The molecule has 6 nitrogen and oxygen atoms in total. The zero-order valence-electron chi connectivity index (χ0n) is 15.9. The Morgan fingerprint density at radius 2 is 1.69 bits per heavy atom. The summed E-state index contributed by atoms with van der Waals surface area (Å²) in [6.07, 6.45) is 11.7. The highest BCUT2D eigenvalue weighted by Gasteiger charge is 2.53. The quantitative estimate of drug-likeness (QED) is 0.825. The number of piperazine rings is 1. The lowest BCUT2D eigenvalue weighted by Gasteiger charge is -2.61. The lowest BCUT2D eigenvalue weighted by molar-refractivity contribution is -0.138. The molecule has 0 radical (unpaired) electrons. The van der Waals surface area contributed by atoms with Crippen LogP contribution < -0.4 is 0 Å². The van der Waals surface area contributed by atoms with E-state index in [-0.39, 0.29) is 5.91 Å². The van der Waals surface area contributed by atoms with Crippen molar-refractivity contribution in [3.05, 3.63) is 12.2 Å². The van der Waals surface area contributed by atoms with E-state index in [0.29, 0.717) is 18.4 Å². The number of aromatic nitrogens is 3. The Labute approximate surface area is 155 Å². The molecule has 0 N–H and O–H groups in total. The van der Waals surface area contributed by atoms with Crippen molar-refractivity contribution in [2.75, 3.05) is 26.2 Å². The summed E-state index contributed by atoms with van der Waals surface area (Å²) in [6.45, 7) is 3.95. The number of hydrogen-bond acceptors (Lipinski definition) is 4. The van der Waals surface area contributed by atoms with Gasteiger partial charge in [-0.15, -0.1) is 10.2 Å². The van der Waals surface area contributed by atoms with E-state index < -0.39 is 0 Å². The zero-order chi connectivity index (χ0) is 17.7. The van der Waals surface area contributed by atoms with Gasteiger partial charge in [0.2, 0.25) is 5.91 Å². The molecule has 4 bridgehead atoms. The smallest absolute Gasteiger partial charge is 0.223 e. The third kappa shape index (κ3) is 2.86. The van der Waals surface area contributed by atoms with Crippen LogP contribution in [0.1, 0.15) is 50.8 Å². The van der Waals surface area contributed by atoms with Crippen LogP contribution in [0.4, 0.5) is 0 Å². The van der Waals surface area contributed by atoms with Gasteiger partial charge in [-0.1, -0.05) is 0 Å². The van der Waals surface area contributed by atoms with E-state index in [0.717, 1.165) is 49.8 Å². The summed E-state index contributed by atoms with van der Waals surface area (Å²) in [5, 5.41) is 7.98. The second kappa shape index (κ2) is 6.32. The summed E-state index contributed by atoms with van der Waals surface area (Å²) in [6, 6.07) is 0. The fourth-order valence-electron chi connectivity index (χ4n) is 6.79. The number of hydrogen-bond donors (Lipinski definition) is 0. The molecular formula is C20H31N5O. The van der Waals surface area contributed by atoms with E-state index in [4.69, 9.17) is 0 Å². The Morgan fingerprint density at radius 3 is 2.23 bits per heavy atom. The largest absolute Gasteiger partial charge is 0.340 e. The van der Waals surface area contributed by atoms with E-state index in [2.05, 4.69) is 20.0 Å². The van der Waals surface area contributed by atoms with Gasteiger partial charge in [0, 0.05) is 51.6 Å². The van der Waals surface area contributed by atoms with Gasteiger partial charge >= 0.3 is 0 Å². The van der Waals surface area contributed by atoms with Gasteiger partial charge in [-0.2, -0.15) is 0 Å². The first-order valence-corrected chi connectivity index (χ1v) is 10.5. The van der Waals surface area contributed by atoms with E-state index >= 15 is 0 Å². The van der Waals surface area contributed by atoms with Crippen LogP contribution in [0.5, 0.6) is 0 Å². The Kier molecular flexibility index (Phi) is 4.07. The standard InChI is InChI=1S/C20H31N5O/c1-23-14-21-22-18(23)2-3-19(26)24-4-6-25(7-5-24)20-11-15-8-16(12-20)10-17(9-15)13-20/h14-17H,2-13H2,1H3. The molecule has 26 heavy (non-hydrogen) atoms. The summed E-state index contributed by atoms with van der Waals surface area (Å²) < 4.78 is 1.90. The van der Waals surface area contributed by atoms with Crippen LogP contribution >= 0.6 is 0 Å². The molecule has 2 heterocycles. The average Bonchev–Trinajstić information content (AvgIpc) is 3.04. The van der Waals surface area contributed by atoms with Gasteiger partial charge in [-0.05, 0) is 56.3 Å². The molecule has 4 saturated carbocycles. The fraction of sp³-hybridized carbons (Fsp3) is 0.850. The van der Waals surface area contributed by atoms with Gasteiger partial charge in [-0.25, -0.2) is 0 Å². The number of carbonyl (C=O) groups is 1. The predicted octanol–water partition coefficient (Wildman–Crippen LogP) is 1.86. The van der Waals surface area contributed by atoms with E-state index in [1.807, 2.05) is 11.6 Å². The molecule has 0 aromatic carbocycles. The molecule has 4 aliphatic carbocycles. The van der Waals surface area contributed by atoms with Crippen LogP contribution in [0.15, 0.2) is 6.33 Å². The Morgan fingerprint density at radius 1 is 1.08 bits per heavy atom. The van der Waals surface area contributed by atoms with Crippen LogP contribution in [0.2, 0.25) is 0 Å². The highest BCUT2D eigenvalue weighted by molar-refractivity contribution is 5.76. The first-order valence-electron chi connectivity index (χ1n) is 10.5. The number of aryl methyl sites for hydroxylation is 2. The van der Waals surface area contributed by atoms with Crippen molar-refractivity contribution < 1.29 is 4.79 Å². The normalized spacial score (nSPS) is 36.7. The topological polar surface area (TPSA) is 54.3 Å². The van der Waals surface area contributed by atoms with Gasteiger partial charge in [0.15, 0.2) is 0 Å². The van der Waals surface area contributed by atoms with Crippen LogP contribution in [-0.4, -0.2) is 62.2 Å². The molecule has 6 rings (SSSR count). The summed E-state index contributed by atoms with van der Waals surface area (Å²) >= 11 is 0. The van der Waals surface area contributed by atoms with Crippen LogP contribution in [0, 0.1) is 17.8 Å². The molecule has 0 unspecified atom stereocenters. The molecule has 1 saturated heterocycles. The minimum atomic E-state index is 0.276. The SMILES string of the molecule is Cn1cnnc1CCC(=O)N1CCN(C23CC4CC(CC(C4)C2)C3)CC1. The summed E-state index contributed by atoms with van der Waals surface area (Å²) in [7, 11) is 1.93. The third-order valence-electron chi connectivity index (χ3n) is 7.68. The lowest BCUT2D eigenvalue weighted by Crippen LogP contribution is -2.64. The second-order valence-corrected chi connectivity index (χ2v) is 9.37. The molecule has 142 valence electrons. The number of nitrogens with zero attached hydrogens (tertiary/aromatic N) is 5. The molecule has 1 aromatic heterocycles. The maximum Gasteiger partial charge on any atom is 0.223 e. The first-order chi connectivity index (χ1) is 12.6. The highest BCUT2D eigenvalue weighted by atomic mass is 16.2. The minimum absolute atomic E-state index is 0.276. The van der Waals surface area contributed by atoms with Crippen LogP contribution in [0.25, 0.3) is 0 Å². The number of amides is 1. The summed E-state index contributed by atoms with van der Waals surface area (Å²) in [5.41, 5.74) is 0.489. The van der Waals surface area contributed by atoms with Crippen molar-refractivity contribution in [1.82, 2.24) is 24.6 Å². The van der Waals surface area contributed by atoms with Crippen molar-refractivity contribution in [2.45, 2.75) is 56.9 Å². The van der Waals surface area contributed by atoms with Crippen molar-refractivity contribution in [3.8, 4) is 0 Å². The Balaban J connectivity index is 1.16. The lowest BCUT2D eigenvalue weighted by atomic mass is 9.52. The molecule has 6 heteroatoms. The van der Waals surface area contributed by atoms with E-state index in [1.165, 1.54) is 38.5 Å². The maximum atomic E-state index is 12.6. The van der Waals surface area contributed by atoms with E-state index in [9.17, 15) is 4.79 Å². The Hall–Kier alpha value is -1.43. The second-order valence-electron chi connectivity index (χ2n) is 9.37. The summed E-state index contributed by atoms with van der Waals surface area (Å²) in [5.74, 6) is 4.15. The zero-order valence-corrected chi connectivity index (χ0v) is 15.9. The molecule has 5 fully saturated rings. The molecule has 0 spiro atoms. The van der Waals surface area contributed by atoms with Gasteiger partial charge < -0.3 is 9.47 Å². The van der Waals surface area contributed by atoms with Gasteiger partial charge in [0.25, 0.3) is 0 Å². The third-order valence-corrected chi connectivity index (χ3v) is 7.68. The number of carbonyl (C=O) groups excluding carboxylic acids is 1. The molecule has 1 amide bonds. The monoisotopic (exact) mass is 357 g/mol. The minimum Gasteiger partial charge on any atom is -0.340 e. The van der Waals surface area contributed by atoms with Crippen molar-refractivity contribution in [1.29, 1.82) is 0 Å². The molecule has 5 aliphatic rings. The maximum absolute atomic E-state index is 12.6. The van der Waals surface area contributed by atoms with Crippen LogP contribution in [0.3, 0.4) is 0 Å². The predicted molar refractivity (Wildman–Crippen MR) is 98.4 cm³/mol. The Bertz CT molecular complexity index is 640. The molecule has 0 atom stereocenters. The number of rotatable bonds is 4. The van der Waals surface area contributed by atoms with Crippen molar-refractivity contribution in [3.63, 3.8) is 0 Å². The average molecular weight is 358 g/mol. The molecular weight excluding hydrogens is 326 g/mol. The fourth-order valence-corrected chi connectivity index (χ4v) is 6.79. The van der Waals surface area contributed by atoms with Gasteiger partial charge in [0.05, 0.1) is 0 Å². The van der Waals surface area contributed by atoms with Crippen molar-refractivity contribution >= 4 is 5.91 Å². The van der Waals surface area contributed by atoms with Gasteiger partial charge in [0.1, 0.15) is 12.2 Å². The highest BCUT2D eigenvalue weighted by Crippen LogP contribution is 2.57. The van der Waals surface area contributed by atoms with E-state index in [1.54, 1.807) is 6.33 Å². The molecule has 1 aliphatic heterocycles. The first kappa shape index (κ1) is 16.7. The molecule has 1 aromatic rings. The summed E-state index contributed by atoms with van der Waals surface area (Å²) in [4.78, 5) is 17.5. The van der Waals surface area contributed by atoms with Crippen LogP contribution in [-0.2, 0) is 18.3 Å².